The Morgan fingerprint density at radius 1 is 0.448 bits per heavy atom. The zero-order valence-electron chi connectivity index (χ0n) is 38.2. The normalized spacial score (nSPS) is 15.5. The maximum atomic E-state index is 2.67. The van der Waals surface area contributed by atoms with Crippen LogP contribution in [0.5, 0.6) is 0 Å². The van der Waals surface area contributed by atoms with Crippen molar-refractivity contribution in [2.24, 2.45) is 0 Å². The Balaban J connectivity index is 1.01. The van der Waals surface area contributed by atoms with Gasteiger partial charge in [-0.05, 0) is 117 Å². The number of para-hydroxylation sites is 2. The molecule has 2 heterocycles. The predicted octanol–water partition coefficient (Wildman–Crippen LogP) is 16.8. The number of nitrogens with zero attached hydrogens (tertiary/aromatic N) is 2. The van der Waals surface area contributed by atoms with Gasteiger partial charge in [0.25, 0.3) is 0 Å². The van der Waals surface area contributed by atoms with Gasteiger partial charge in [0.05, 0.1) is 22.0 Å². The Bertz CT molecular complexity index is 3860. The van der Waals surface area contributed by atoms with Gasteiger partial charge in [-0.1, -0.05) is 195 Å². The van der Waals surface area contributed by atoms with E-state index >= 15 is 0 Å². The Morgan fingerprint density at radius 3 is 1.60 bits per heavy atom. The summed E-state index contributed by atoms with van der Waals surface area (Å²) in [7, 11) is 0. The van der Waals surface area contributed by atoms with E-state index in [-0.39, 0.29) is 11.5 Å². The third-order valence-corrected chi connectivity index (χ3v) is 16.1. The van der Waals surface area contributed by atoms with Crippen LogP contribution in [0.1, 0.15) is 67.1 Å². The third kappa shape index (κ3) is 5.00. The lowest BCUT2D eigenvalue weighted by Crippen LogP contribution is -2.27. The molecular weight excluding hydrogens is 809 g/mol. The van der Waals surface area contributed by atoms with Crippen LogP contribution in [0.3, 0.4) is 0 Å². The van der Waals surface area contributed by atoms with Crippen LogP contribution in [0.4, 0.5) is 0 Å². The van der Waals surface area contributed by atoms with Gasteiger partial charge in [0.2, 0.25) is 0 Å². The van der Waals surface area contributed by atoms with Gasteiger partial charge in [-0.25, -0.2) is 0 Å². The molecule has 1 unspecified atom stereocenters. The number of allylic oxidation sites excluding steroid dienone is 4. The summed E-state index contributed by atoms with van der Waals surface area (Å²) in [6.07, 6.45) is 4.88. The fourth-order valence-corrected chi connectivity index (χ4v) is 12.9. The standard InChI is InChI=1S/C65H48N2/c1-40(29-35-45-41(2)64(3,4)55-23-11-5-17-46(45)55)66-61-38-32-43(42-30-33-44(34-31-42)67-59-27-15-9-21-50(59)51-22-10-16-28-60(51)67)39-54(61)53-37-36-52-49-20-8-14-26-58(49)65(62(52)63(53)66)56-24-12-6-18-47(56)48-19-7-13-25-57(48)65/h5-40H,1-4H3/b35-29-. The molecule has 0 N–H and O–H groups in total. The van der Waals surface area contributed by atoms with E-state index in [9.17, 15) is 0 Å². The summed E-state index contributed by atoms with van der Waals surface area (Å²) in [6, 6.07) is 75.3. The zero-order valence-corrected chi connectivity index (χ0v) is 38.2. The molecule has 9 aromatic carbocycles. The molecule has 0 fully saturated rings. The van der Waals surface area contributed by atoms with Crippen LogP contribution in [0.25, 0.3) is 88.3 Å². The lowest BCUT2D eigenvalue weighted by atomic mass is 9.70. The number of fused-ring (bicyclic) bond motifs is 18. The highest BCUT2D eigenvalue weighted by atomic mass is 15.0. The van der Waals surface area contributed by atoms with E-state index in [4.69, 9.17) is 0 Å². The van der Waals surface area contributed by atoms with E-state index in [1.54, 1.807) is 0 Å². The topological polar surface area (TPSA) is 9.86 Å². The molecule has 14 rings (SSSR count). The molecule has 2 aromatic heterocycles. The number of benzene rings is 9. The molecule has 318 valence electrons. The minimum atomic E-state index is -0.479. The van der Waals surface area contributed by atoms with Crippen LogP contribution in [0.15, 0.2) is 218 Å². The van der Waals surface area contributed by atoms with Crippen molar-refractivity contribution in [1.82, 2.24) is 9.13 Å². The first kappa shape index (κ1) is 38.3. The van der Waals surface area contributed by atoms with Crippen molar-refractivity contribution >= 4 is 49.2 Å². The molecular formula is C65H48N2. The molecule has 0 saturated heterocycles. The highest BCUT2D eigenvalue weighted by Gasteiger charge is 2.53. The summed E-state index contributed by atoms with van der Waals surface area (Å²) in [6.45, 7) is 9.45. The van der Waals surface area contributed by atoms with Gasteiger partial charge in [-0.15, -0.1) is 0 Å². The molecule has 0 amide bonds. The van der Waals surface area contributed by atoms with E-state index in [1.807, 2.05) is 0 Å². The Hall–Kier alpha value is -7.94. The molecule has 3 aliphatic rings. The fourth-order valence-electron chi connectivity index (χ4n) is 12.9. The van der Waals surface area contributed by atoms with E-state index in [1.165, 1.54) is 122 Å². The van der Waals surface area contributed by atoms with Gasteiger partial charge >= 0.3 is 0 Å². The second kappa shape index (κ2) is 13.8. The van der Waals surface area contributed by atoms with E-state index < -0.39 is 5.41 Å². The Morgan fingerprint density at radius 2 is 0.970 bits per heavy atom. The van der Waals surface area contributed by atoms with Gasteiger partial charge in [-0.2, -0.15) is 0 Å². The van der Waals surface area contributed by atoms with Crippen molar-refractivity contribution in [2.75, 3.05) is 0 Å². The Labute approximate surface area is 391 Å². The molecule has 0 saturated carbocycles. The molecule has 3 aliphatic carbocycles. The lowest BCUT2D eigenvalue weighted by Gasteiger charge is -2.32. The molecule has 0 bridgehead atoms. The summed E-state index contributed by atoms with van der Waals surface area (Å²) >= 11 is 0. The van der Waals surface area contributed by atoms with Crippen LogP contribution in [-0.4, -0.2) is 9.13 Å². The maximum absolute atomic E-state index is 2.67. The first-order valence-corrected chi connectivity index (χ1v) is 23.8. The van der Waals surface area contributed by atoms with E-state index in [0.717, 1.165) is 5.69 Å². The number of rotatable bonds is 5. The third-order valence-electron chi connectivity index (χ3n) is 16.1. The molecule has 1 spiro atoms. The van der Waals surface area contributed by atoms with Crippen LogP contribution >= 0.6 is 0 Å². The molecule has 11 aromatic rings. The van der Waals surface area contributed by atoms with Crippen molar-refractivity contribution < 1.29 is 0 Å². The second-order valence-electron chi connectivity index (χ2n) is 19.6. The summed E-state index contributed by atoms with van der Waals surface area (Å²) in [5, 5.41) is 5.11. The molecule has 67 heavy (non-hydrogen) atoms. The van der Waals surface area contributed by atoms with E-state index in [0.29, 0.717) is 0 Å². The predicted molar refractivity (Wildman–Crippen MR) is 281 cm³/mol. The average Bonchev–Trinajstić information content (AvgIpc) is 4.12. The van der Waals surface area contributed by atoms with Gasteiger partial charge in [0.15, 0.2) is 0 Å². The minimum absolute atomic E-state index is 0.0212. The lowest BCUT2D eigenvalue weighted by molar-refractivity contribution is 0.639. The quantitative estimate of drug-likeness (QED) is 0.163. The van der Waals surface area contributed by atoms with Gasteiger partial charge in [-0.3, -0.25) is 0 Å². The van der Waals surface area contributed by atoms with Gasteiger partial charge in [0, 0.05) is 49.8 Å². The number of aromatic nitrogens is 2. The van der Waals surface area contributed by atoms with Gasteiger partial charge in [0.1, 0.15) is 0 Å². The van der Waals surface area contributed by atoms with Gasteiger partial charge < -0.3 is 9.13 Å². The average molecular weight is 857 g/mol. The Kier molecular flexibility index (Phi) is 7.89. The number of hydrogen-bond acceptors (Lipinski definition) is 0. The summed E-state index contributed by atoms with van der Waals surface area (Å²) in [5.74, 6) is 0. The van der Waals surface area contributed by atoms with Crippen LogP contribution in [-0.2, 0) is 10.8 Å². The molecule has 0 aliphatic heterocycles. The molecule has 2 nitrogen and oxygen atoms in total. The fraction of sp³-hybridized carbons (Fsp3) is 0.108. The highest BCUT2D eigenvalue weighted by molar-refractivity contribution is 6.15. The van der Waals surface area contributed by atoms with Crippen LogP contribution in [0.2, 0.25) is 0 Å². The second-order valence-corrected chi connectivity index (χ2v) is 19.6. The van der Waals surface area contributed by atoms with Crippen molar-refractivity contribution in [3.8, 4) is 39.1 Å². The van der Waals surface area contributed by atoms with Crippen molar-refractivity contribution in [3.63, 3.8) is 0 Å². The smallest absolute Gasteiger partial charge is 0.0746 e. The van der Waals surface area contributed by atoms with Crippen LogP contribution in [0, 0.1) is 0 Å². The highest BCUT2D eigenvalue weighted by Crippen LogP contribution is 2.64. The molecule has 2 heteroatoms. The summed E-state index contributed by atoms with van der Waals surface area (Å²) in [5.41, 5.74) is 24.4. The largest absolute Gasteiger partial charge is 0.333 e. The SMILES string of the molecule is CC1=C(/C=C\C(C)n2c3ccc(-c4ccc(-n5c6ccccc6c6ccccc65)cc4)cc3c3ccc4c(c32)C2(c3ccccc3-c3ccccc32)c2ccccc2-4)c2ccccc2C1(C)C. The van der Waals surface area contributed by atoms with E-state index in [2.05, 4.69) is 249 Å². The first-order valence-electron chi connectivity index (χ1n) is 23.8. The summed E-state index contributed by atoms with van der Waals surface area (Å²) in [4.78, 5) is 0. The maximum Gasteiger partial charge on any atom is 0.0746 e. The first-order chi connectivity index (χ1) is 32.9. The van der Waals surface area contributed by atoms with Crippen molar-refractivity contribution in [2.45, 2.75) is 44.6 Å². The van der Waals surface area contributed by atoms with Crippen LogP contribution < -0.4 is 0 Å². The summed E-state index contributed by atoms with van der Waals surface area (Å²) < 4.78 is 5.07. The van der Waals surface area contributed by atoms with Crippen molar-refractivity contribution in [1.29, 1.82) is 0 Å². The molecule has 0 radical (unpaired) electrons. The zero-order chi connectivity index (χ0) is 44.8. The van der Waals surface area contributed by atoms with Crippen molar-refractivity contribution in [3.05, 3.63) is 251 Å². The molecule has 1 atom stereocenters. The monoisotopic (exact) mass is 856 g/mol. The minimum Gasteiger partial charge on any atom is -0.333 e. The number of hydrogen-bond donors (Lipinski definition) is 0.